The first-order valence-corrected chi connectivity index (χ1v) is 10.1. The normalized spacial score (nSPS) is 33.1. The number of ether oxygens (including phenoxy) is 1. The molecule has 4 aliphatic rings. The van der Waals surface area contributed by atoms with E-state index in [0.29, 0.717) is 6.04 Å². The van der Waals surface area contributed by atoms with Gasteiger partial charge >= 0.3 is 5.97 Å². The van der Waals surface area contributed by atoms with Crippen molar-refractivity contribution < 1.29 is 14.6 Å². The minimum atomic E-state index is -0.144. The SMILES string of the molecule is C/C=C1/CN2CC[C@]34C(=C(C(=O)OC)C1C[C@H]23)CCc1ccc(CO)cc14. The van der Waals surface area contributed by atoms with E-state index in [1.807, 2.05) is 6.07 Å². The third-order valence-corrected chi connectivity index (χ3v) is 7.57. The van der Waals surface area contributed by atoms with Crippen LogP contribution >= 0.6 is 0 Å². The Balaban J connectivity index is 1.80. The number of aryl methyl sites for hydroxylation is 1. The molecule has 4 heteroatoms. The number of allylic oxidation sites excluding steroid dienone is 1. The van der Waals surface area contributed by atoms with Crippen molar-refractivity contribution in [3.8, 4) is 0 Å². The molecule has 0 aromatic heterocycles. The molecular weight excluding hydrogens is 338 g/mol. The van der Waals surface area contributed by atoms with Crippen LogP contribution in [0.3, 0.4) is 0 Å². The quantitative estimate of drug-likeness (QED) is 0.647. The van der Waals surface area contributed by atoms with E-state index in [4.69, 9.17) is 4.74 Å². The number of methoxy groups -OCH3 is 1. The van der Waals surface area contributed by atoms with Crippen LogP contribution in [0, 0.1) is 5.92 Å². The highest BCUT2D eigenvalue weighted by molar-refractivity contribution is 5.92. The van der Waals surface area contributed by atoms with E-state index in [9.17, 15) is 9.90 Å². The average Bonchev–Trinajstić information content (AvgIpc) is 3.11. The largest absolute Gasteiger partial charge is 0.466 e. The Bertz CT molecular complexity index is 884. The molecule has 1 spiro atoms. The molecule has 1 aromatic rings. The lowest BCUT2D eigenvalue weighted by atomic mass is 9.54. The third-order valence-electron chi connectivity index (χ3n) is 7.57. The highest BCUT2D eigenvalue weighted by Gasteiger charge is 2.60. The van der Waals surface area contributed by atoms with Crippen LogP contribution in [-0.2, 0) is 28.0 Å². The van der Waals surface area contributed by atoms with Crippen molar-refractivity contribution in [2.24, 2.45) is 5.92 Å². The number of nitrogens with zero attached hydrogens (tertiary/aromatic N) is 1. The zero-order valence-corrected chi connectivity index (χ0v) is 16.1. The number of piperidine rings is 1. The molecule has 27 heavy (non-hydrogen) atoms. The van der Waals surface area contributed by atoms with Crippen LogP contribution in [-0.4, -0.2) is 42.2 Å². The van der Waals surface area contributed by atoms with Gasteiger partial charge < -0.3 is 9.84 Å². The van der Waals surface area contributed by atoms with Gasteiger partial charge in [-0.3, -0.25) is 4.90 Å². The number of aliphatic hydroxyl groups is 1. The molecule has 3 atom stereocenters. The summed E-state index contributed by atoms with van der Waals surface area (Å²) in [6.45, 7) is 4.18. The Kier molecular flexibility index (Phi) is 3.85. The van der Waals surface area contributed by atoms with Gasteiger partial charge in [-0.05, 0) is 54.9 Å². The first-order chi connectivity index (χ1) is 13.1. The fourth-order valence-corrected chi connectivity index (χ4v) is 6.44. The molecule has 2 aliphatic carbocycles. The van der Waals surface area contributed by atoms with Gasteiger partial charge in [0.1, 0.15) is 0 Å². The zero-order valence-electron chi connectivity index (χ0n) is 16.1. The summed E-state index contributed by atoms with van der Waals surface area (Å²) < 4.78 is 5.28. The second-order valence-corrected chi connectivity index (χ2v) is 8.39. The number of aliphatic hydroxyl groups excluding tert-OH is 1. The Hall–Kier alpha value is -1.91. The number of carbonyl (C=O) groups is 1. The van der Waals surface area contributed by atoms with Crippen molar-refractivity contribution in [2.45, 2.75) is 50.7 Å². The maximum atomic E-state index is 12.9. The maximum Gasteiger partial charge on any atom is 0.334 e. The van der Waals surface area contributed by atoms with Crippen LogP contribution in [0.5, 0.6) is 0 Å². The molecule has 0 radical (unpaired) electrons. The average molecular weight is 365 g/mol. The Labute approximate surface area is 160 Å². The van der Waals surface area contributed by atoms with Crippen molar-refractivity contribution in [1.29, 1.82) is 0 Å². The highest BCUT2D eigenvalue weighted by Crippen LogP contribution is 2.60. The number of carbonyl (C=O) groups excluding carboxylic acids is 1. The van der Waals surface area contributed by atoms with Gasteiger partial charge in [-0.1, -0.05) is 29.8 Å². The molecule has 0 saturated carbocycles. The lowest BCUT2D eigenvalue weighted by Gasteiger charge is -2.53. The summed E-state index contributed by atoms with van der Waals surface area (Å²) in [4.78, 5) is 15.6. The first-order valence-electron chi connectivity index (χ1n) is 10.1. The second-order valence-electron chi connectivity index (χ2n) is 8.39. The molecular formula is C23H27NO3. The van der Waals surface area contributed by atoms with E-state index in [1.165, 1.54) is 29.4 Å². The number of benzene rings is 1. The smallest absolute Gasteiger partial charge is 0.334 e. The summed E-state index contributed by atoms with van der Waals surface area (Å²) in [6, 6.07) is 6.89. The topological polar surface area (TPSA) is 49.8 Å². The molecule has 1 unspecified atom stereocenters. The van der Waals surface area contributed by atoms with Gasteiger partial charge in [0.2, 0.25) is 0 Å². The monoisotopic (exact) mass is 365 g/mol. The molecule has 142 valence electrons. The molecule has 2 heterocycles. The van der Waals surface area contributed by atoms with E-state index >= 15 is 0 Å². The van der Waals surface area contributed by atoms with E-state index in [2.05, 4.69) is 30.0 Å². The minimum Gasteiger partial charge on any atom is -0.466 e. The van der Waals surface area contributed by atoms with Gasteiger partial charge in [0.05, 0.1) is 13.7 Å². The van der Waals surface area contributed by atoms with Crippen molar-refractivity contribution in [2.75, 3.05) is 20.2 Å². The Morgan fingerprint density at radius 2 is 2.26 bits per heavy atom. The minimum absolute atomic E-state index is 0.0615. The summed E-state index contributed by atoms with van der Waals surface area (Å²) in [5, 5.41) is 9.72. The van der Waals surface area contributed by atoms with Gasteiger partial charge in [-0.25, -0.2) is 4.79 Å². The number of fused-ring (bicyclic) bond motifs is 2. The van der Waals surface area contributed by atoms with Crippen molar-refractivity contribution in [1.82, 2.24) is 4.90 Å². The maximum absolute atomic E-state index is 12.9. The molecule has 2 aliphatic heterocycles. The Morgan fingerprint density at radius 1 is 1.41 bits per heavy atom. The number of hydrogen-bond acceptors (Lipinski definition) is 4. The van der Waals surface area contributed by atoms with E-state index < -0.39 is 0 Å². The predicted octanol–water partition coefficient (Wildman–Crippen LogP) is 2.89. The standard InChI is InChI=1S/C23H27NO3/c1-3-15-12-24-9-8-23-18(21(22(26)27-2)17(15)11-20(23)24)7-6-16-5-4-14(13-25)10-19(16)23/h3-5,10,17,20,25H,6-9,11-13H2,1-2H3/b15-3-/t17?,20-,23+/m0/s1. The molecule has 2 fully saturated rings. The first kappa shape index (κ1) is 17.2. The van der Waals surface area contributed by atoms with E-state index in [-0.39, 0.29) is 23.9 Å². The lowest BCUT2D eigenvalue weighted by Crippen LogP contribution is -2.55. The number of hydrogen-bond donors (Lipinski definition) is 1. The fraction of sp³-hybridized carbons (Fsp3) is 0.522. The lowest BCUT2D eigenvalue weighted by molar-refractivity contribution is -0.137. The number of rotatable bonds is 2. The summed E-state index contributed by atoms with van der Waals surface area (Å²) in [5.41, 5.74) is 7.24. The molecule has 1 N–H and O–H groups in total. The van der Waals surface area contributed by atoms with Crippen molar-refractivity contribution >= 4 is 5.97 Å². The third kappa shape index (κ3) is 2.14. The summed E-state index contributed by atoms with van der Waals surface area (Å²) >= 11 is 0. The summed E-state index contributed by atoms with van der Waals surface area (Å²) in [6.07, 6.45) is 6.16. The Morgan fingerprint density at radius 3 is 3.00 bits per heavy atom. The fourth-order valence-electron chi connectivity index (χ4n) is 6.44. The van der Waals surface area contributed by atoms with Crippen LogP contribution in [0.4, 0.5) is 0 Å². The molecule has 5 rings (SSSR count). The summed E-state index contributed by atoms with van der Waals surface area (Å²) in [7, 11) is 1.51. The van der Waals surface area contributed by atoms with Crippen LogP contribution in [0.1, 0.15) is 42.9 Å². The van der Waals surface area contributed by atoms with E-state index in [0.717, 1.165) is 49.9 Å². The van der Waals surface area contributed by atoms with Crippen LogP contribution in [0.25, 0.3) is 0 Å². The van der Waals surface area contributed by atoms with Crippen LogP contribution < -0.4 is 0 Å². The molecule has 2 saturated heterocycles. The molecule has 1 aromatic carbocycles. The van der Waals surface area contributed by atoms with Gasteiger partial charge in [-0.15, -0.1) is 0 Å². The van der Waals surface area contributed by atoms with Gasteiger partial charge in [-0.2, -0.15) is 0 Å². The van der Waals surface area contributed by atoms with Gasteiger partial charge in [0.15, 0.2) is 0 Å². The highest BCUT2D eigenvalue weighted by atomic mass is 16.5. The zero-order chi connectivity index (χ0) is 18.8. The predicted molar refractivity (Wildman–Crippen MR) is 103 cm³/mol. The summed E-state index contributed by atoms with van der Waals surface area (Å²) in [5.74, 6) is 0.0572. The van der Waals surface area contributed by atoms with Crippen LogP contribution in [0.15, 0.2) is 41.0 Å². The molecule has 2 bridgehead atoms. The molecule has 0 amide bonds. The number of esters is 1. The van der Waals surface area contributed by atoms with Crippen molar-refractivity contribution in [3.63, 3.8) is 0 Å². The molecule has 4 nitrogen and oxygen atoms in total. The van der Waals surface area contributed by atoms with E-state index in [1.54, 1.807) is 0 Å². The van der Waals surface area contributed by atoms with Gasteiger partial charge in [0.25, 0.3) is 0 Å². The van der Waals surface area contributed by atoms with Crippen molar-refractivity contribution in [3.05, 3.63) is 57.7 Å². The van der Waals surface area contributed by atoms with Crippen LogP contribution in [0.2, 0.25) is 0 Å². The second kappa shape index (κ2) is 6.05. The van der Waals surface area contributed by atoms with Gasteiger partial charge in [0, 0.05) is 36.0 Å².